The monoisotopic (exact) mass is 382 g/mol. The highest BCUT2D eigenvalue weighted by Crippen LogP contribution is 2.45. The van der Waals surface area contributed by atoms with E-state index in [0.717, 1.165) is 18.4 Å². The molecular weight excluding hydrogens is 367 g/mol. The van der Waals surface area contributed by atoms with Crippen molar-refractivity contribution in [2.24, 2.45) is 0 Å². The van der Waals surface area contributed by atoms with E-state index in [2.05, 4.69) is 10.3 Å². The summed E-state index contributed by atoms with van der Waals surface area (Å²) in [5.41, 5.74) is 0.881. The topological polar surface area (TPSA) is 51.2 Å². The van der Waals surface area contributed by atoms with Gasteiger partial charge in [-0.1, -0.05) is 48.0 Å². The molecule has 136 valence electrons. The molecule has 0 radical (unpaired) electrons. The van der Waals surface area contributed by atoms with Crippen molar-refractivity contribution in [3.63, 3.8) is 0 Å². The smallest absolute Gasteiger partial charge is 0.257 e. The molecule has 0 spiro atoms. The standard InChI is InChI=1S/C21H16ClFN2O2/c22-15-11-18(20(24-13-15)27-17-8-4-7-16(23)12-17)19(26)25-21(9-10-21)14-5-2-1-3-6-14/h1-8,11-13H,9-10H2,(H,25,26). The second-order valence-electron chi connectivity index (χ2n) is 6.47. The van der Waals surface area contributed by atoms with Gasteiger partial charge in [0.15, 0.2) is 0 Å². The molecular formula is C21H16ClFN2O2. The Morgan fingerprint density at radius 3 is 2.59 bits per heavy atom. The molecule has 0 aliphatic heterocycles. The van der Waals surface area contributed by atoms with Crippen LogP contribution in [0.1, 0.15) is 28.8 Å². The van der Waals surface area contributed by atoms with Crippen LogP contribution >= 0.6 is 11.6 Å². The van der Waals surface area contributed by atoms with Crippen LogP contribution in [0.4, 0.5) is 4.39 Å². The van der Waals surface area contributed by atoms with Crippen LogP contribution in [-0.4, -0.2) is 10.9 Å². The van der Waals surface area contributed by atoms with E-state index in [9.17, 15) is 9.18 Å². The lowest BCUT2D eigenvalue weighted by Gasteiger charge is -2.19. The molecule has 1 aromatic heterocycles. The Hall–Kier alpha value is -2.92. The summed E-state index contributed by atoms with van der Waals surface area (Å²) in [6.07, 6.45) is 3.10. The second-order valence-corrected chi connectivity index (χ2v) is 6.90. The minimum atomic E-state index is -0.437. The van der Waals surface area contributed by atoms with Gasteiger partial charge in [0.05, 0.1) is 10.6 Å². The van der Waals surface area contributed by atoms with E-state index < -0.39 is 5.82 Å². The van der Waals surface area contributed by atoms with Gasteiger partial charge in [-0.25, -0.2) is 9.37 Å². The second kappa shape index (κ2) is 7.00. The molecule has 0 atom stereocenters. The van der Waals surface area contributed by atoms with E-state index in [4.69, 9.17) is 16.3 Å². The first-order valence-corrected chi connectivity index (χ1v) is 8.91. The predicted octanol–water partition coefficient (Wildman–Crippen LogP) is 5.09. The predicted molar refractivity (Wildman–Crippen MR) is 101 cm³/mol. The van der Waals surface area contributed by atoms with E-state index in [0.29, 0.717) is 5.02 Å². The van der Waals surface area contributed by atoms with Crippen molar-refractivity contribution in [3.05, 3.63) is 88.8 Å². The third-order valence-corrected chi connectivity index (χ3v) is 4.71. The zero-order valence-electron chi connectivity index (χ0n) is 14.3. The van der Waals surface area contributed by atoms with Gasteiger partial charge in [0, 0.05) is 12.3 Å². The van der Waals surface area contributed by atoms with Crippen LogP contribution in [0.5, 0.6) is 11.6 Å². The Morgan fingerprint density at radius 2 is 1.89 bits per heavy atom. The van der Waals surface area contributed by atoms with E-state index in [1.165, 1.54) is 30.5 Å². The average molecular weight is 383 g/mol. The van der Waals surface area contributed by atoms with Crippen LogP contribution in [0.25, 0.3) is 0 Å². The van der Waals surface area contributed by atoms with Crippen LogP contribution in [-0.2, 0) is 5.54 Å². The molecule has 1 amide bonds. The summed E-state index contributed by atoms with van der Waals surface area (Å²) < 4.78 is 19.0. The minimum Gasteiger partial charge on any atom is -0.438 e. The lowest BCUT2D eigenvalue weighted by atomic mass is 10.0. The first kappa shape index (κ1) is 17.5. The van der Waals surface area contributed by atoms with Crippen molar-refractivity contribution < 1.29 is 13.9 Å². The quantitative estimate of drug-likeness (QED) is 0.669. The van der Waals surface area contributed by atoms with E-state index >= 15 is 0 Å². The van der Waals surface area contributed by atoms with Crippen molar-refractivity contribution in [2.45, 2.75) is 18.4 Å². The fraction of sp³-hybridized carbons (Fsp3) is 0.143. The number of halogens is 2. The number of aromatic nitrogens is 1. The van der Waals surface area contributed by atoms with Crippen molar-refractivity contribution in [1.29, 1.82) is 0 Å². The maximum absolute atomic E-state index is 13.4. The Labute approximate surface area is 161 Å². The van der Waals surface area contributed by atoms with E-state index in [-0.39, 0.29) is 28.6 Å². The maximum Gasteiger partial charge on any atom is 0.257 e. The fourth-order valence-electron chi connectivity index (χ4n) is 2.97. The fourth-order valence-corrected chi connectivity index (χ4v) is 3.12. The molecule has 1 aliphatic carbocycles. The zero-order valence-corrected chi connectivity index (χ0v) is 15.0. The number of carbonyl (C=O) groups excluding carboxylic acids is 1. The van der Waals surface area contributed by atoms with Gasteiger partial charge >= 0.3 is 0 Å². The summed E-state index contributed by atoms with van der Waals surface area (Å²) in [4.78, 5) is 17.0. The lowest BCUT2D eigenvalue weighted by Crippen LogP contribution is -2.35. The lowest BCUT2D eigenvalue weighted by molar-refractivity contribution is 0.0928. The average Bonchev–Trinajstić information content (AvgIpc) is 3.44. The number of nitrogens with one attached hydrogen (secondary N) is 1. The highest BCUT2D eigenvalue weighted by atomic mass is 35.5. The first-order chi connectivity index (χ1) is 13.1. The van der Waals surface area contributed by atoms with Crippen molar-refractivity contribution in [3.8, 4) is 11.6 Å². The van der Waals surface area contributed by atoms with E-state index in [1.807, 2.05) is 30.3 Å². The molecule has 4 nitrogen and oxygen atoms in total. The Bertz CT molecular complexity index is 990. The Balaban J connectivity index is 1.61. The van der Waals surface area contributed by atoms with E-state index in [1.54, 1.807) is 6.07 Å². The summed E-state index contributed by atoms with van der Waals surface area (Å²) in [7, 11) is 0. The molecule has 2 aromatic carbocycles. The Kier molecular flexibility index (Phi) is 4.54. The van der Waals surface area contributed by atoms with Gasteiger partial charge in [-0.2, -0.15) is 0 Å². The van der Waals surface area contributed by atoms with Crippen LogP contribution in [0.15, 0.2) is 66.9 Å². The van der Waals surface area contributed by atoms with Crippen LogP contribution in [0, 0.1) is 5.82 Å². The molecule has 3 aromatic rings. The number of carbonyl (C=O) groups is 1. The third kappa shape index (κ3) is 3.78. The summed E-state index contributed by atoms with van der Waals surface area (Å²) >= 11 is 6.03. The number of amides is 1. The largest absolute Gasteiger partial charge is 0.438 e. The van der Waals surface area contributed by atoms with Crippen LogP contribution in [0.3, 0.4) is 0 Å². The van der Waals surface area contributed by atoms with Gasteiger partial charge in [-0.15, -0.1) is 0 Å². The molecule has 1 fully saturated rings. The molecule has 1 heterocycles. The van der Waals surface area contributed by atoms with Crippen molar-refractivity contribution in [1.82, 2.24) is 10.3 Å². The number of ether oxygens (including phenoxy) is 1. The highest BCUT2D eigenvalue weighted by Gasteiger charge is 2.46. The van der Waals surface area contributed by atoms with Crippen LogP contribution < -0.4 is 10.1 Å². The maximum atomic E-state index is 13.4. The molecule has 0 saturated heterocycles. The molecule has 1 aliphatic rings. The highest BCUT2D eigenvalue weighted by molar-refractivity contribution is 6.30. The zero-order chi connectivity index (χ0) is 18.9. The van der Waals surface area contributed by atoms with Gasteiger partial charge in [0.25, 0.3) is 5.91 Å². The molecule has 4 rings (SSSR count). The SMILES string of the molecule is O=C(NC1(c2ccccc2)CC1)c1cc(Cl)cnc1Oc1cccc(F)c1. The summed E-state index contributed by atoms with van der Waals surface area (Å²) in [5.74, 6) is -0.444. The van der Waals surface area contributed by atoms with Crippen molar-refractivity contribution >= 4 is 17.5 Å². The number of benzene rings is 2. The molecule has 27 heavy (non-hydrogen) atoms. The molecule has 1 saturated carbocycles. The van der Waals surface area contributed by atoms with Crippen LogP contribution in [0.2, 0.25) is 5.02 Å². The number of hydrogen-bond donors (Lipinski definition) is 1. The number of hydrogen-bond acceptors (Lipinski definition) is 3. The first-order valence-electron chi connectivity index (χ1n) is 8.53. The van der Waals surface area contributed by atoms with Gasteiger partial charge in [0.2, 0.25) is 5.88 Å². The van der Waals surface area contributed by atoms with Gasteiger partial charge in [-0.05, 0) is 36.6 Å². The third-order valence-electron chi connectivity index (χ3n) is 4.50. The Morgan fingerprint density at radius 1 is 1.11 bits per heavy atom. The normalized spacial score (nSPS) is 14.4. The molecule has 6 heteroatoms. The summed E-state index contributed by atoms with van der Waals surface area (Å²) in [5, 5.41) is 3.39. The molecule has 0 bridgehead atoms. The number of rotatable bonds is 5. The van der Waals surface area contributed by atoms with Gasteiger partial charge < -0.3 is 10.1 Å². The number of pyridine rings is 1. The van der Waals surface area contributed by atoms with Crippen molar-refractivity contribution in [2.75, 3.05) is 0 Å². The van der Waals surface area contributed by atoms with Gasteiger partial charge in [0.1, 0.15) is 17.1 Å². The summed E-state index contributed by atoms with van der Waals surface area (Å²) in [6.45, 7) is 0. The molecule has 1 N–H and O–H groups in total. The minimum absolute atomic E-state index is 0.0753. The number of nitrogens with zero attached hydrogens (tertiary/aromatic N) is 1. The molecule has 0 unspecified atom stereocenters. The van der Waals surface area contributed by atoms with Gasteiger partial charge in [-0.3, -0.25) is 4.79 Å². The summed E-state index contributed by atoms with van der Waals surface area (Å²) in [6, 6.07) is 17.0.